The molecule has 1 heterocycles. The topological polar surface area (TPSA) is 8.17 Å². The third kappa shape index (κ3) is 4.43. The highest BCUT2D eigenvalue weighted by atomic mass is 19.1. The second-order valence-corrected chi connectivity index (χ2v) is 5.03. The minimum Gasteiger partial charge on any atom is -0.346 e. The lowest BCUT2D eigenvalue weighted by atomic mass is 10.2. The van der Waals surface area contributed by atoms with E-state index in [1.54, 1.807) is 0 Å². The van der Waals surface area contributed by atoms with Crippen molar-refractivity contribution >= 4 is 0 Å². The molecule has 0 radical (unpaired) electrons. The fourth-order valence-corrected chi connectivity index (χ4v) is 2.33. The molecule has 0 unspecified atom stereocenters. The predicted octanol–water partition coefficient (Wildman–Crippen LogP) is 3.85. The van der Waals surface area contributed by atoms with Crippen molar-refractivity contribution in [2.45, 2.75) is 13.1 Å². The van der Waals surface area contributed by atoms with Gasteiger partial charge in [-0.25, -0.2) is 4.39 Å². The van der Waals surface area contributed by atoms with Crippen molar-refractivity contribution in [3.8, 4) is 0 Å². The van der Waals surface area contributed by atoms with Crippen LogP contribution < -0.4 is 0 Å². The van der Waals surface area contributed by atoms with Gasteiger partial charge in [-0.05, 0) is 29.8 Å². The number of aromatic nitrogens is 1. The van der Waals surface area contributed by atoms with Crippen LogP contribution in [0.1, 0.15) is 11.3 Å². The van der Waals surface area contributed by atoms with Gasteiger partial charge in [-0.2, -0.15) is 0 Å². The smallest absolute Gasteiger partial charge is 0.123 e. The van der Waals surface area contributed by atoms with Gasteiger partial charge in [-0.15, -0.1) is 13.2 Å². The Bertz CT molecular complexity index is 574. The largest absolute Gasteiger partial charge is 0.346 e. The quantitative estimate of drug-likeness (QED) is 0.668. The molecular weight excluding hydrogens is 263 g/mol. The number of benzene rings is 1. The average molecular weight is 284 g/mol. The SMILES string of the molecule is C=CCN(CC=C)Cc1cccn1Cc1ccc(F)cc1. The van der Waals surface area contributed by atoms with Crippen LogP contribution >= 0.6 is 0 Å². The first-order valence-electron chi connectivity index (χ1n) is 7.05. The highest BCUT2D eigenvalue weighted by molar-refractivity contribution is 5.18. The molecule has 0 atom stereocenters. The Balaban J connectivity index is 2.08. The van der Waals surface area contributed by atoms with Crippen molar-refractivity contribution in [2.24, 2.45) is 0 Å². The summed E-state index contributed by atoms with van der Waals surface area (Å²) in [5.41, 5.74) is 2.32. The zero-order valence-corrected chi connectivity index (χ0v) is 12.2. The number of hydrogen-bond donors (Lipinski definition) is 0. The van der Waals surface area contributed by atoms with Crippen molar-refractivity contribution in [1.29, 1.82) is 0 Å². The van der Waals surface area contributed by atoms with Gasteiger partial charge >= 0.3 is 0 Å². The van der Waals surface area contributed by atoms with Crippen LogP contribution in [0.4, 0.5) is 4.39 Å². The molecule has 0 bridgehead atoms. The molecule has 1 aromatic carbocycles. The molecule has 2 aromatic rings. The van der Waals surface area contributed by atoms with Crippen molar-refractivity contribution in [2.75, 3.05) is 13.1 Å². The molecule has 3 heteroatoms. The molecule has 2 nitrogen and oxygen atoms in total. The van der Waals surface area contributed by atoms with E-state index < -0.39 is 0 Å². The highest BCUT2D eigenvalue weighted by Crippen LogP contribution is 2.11. The van der Waals surface area contributed by atoms with Crippen LogP contribution in [-0.4, -0.2) is 22.6 Å². The van der Waals surface area contributed by atoms with Crippen molar-refractivity contribution in [3.63, 3.8) is 0 Å². The maximum atomic E-state index is 13.0. The summed E-state index contributed by atoms with van der Waals surface area (Å²) < 4.78 is 15.1. The lowest BCUT2D eigenvalue weighted by Gasteiger charge is -2.20. The van der Waals surface area contributed by atoms with Crippen LogP contribution in [0.3, 0.4) is 0 Å². The van der Waals surface area contributed by atoms with Gasteiger partial charge in [0.15, 0.2) is 0 Å². The summed E-state index contributed by atoms with van der Waals surface area (Å²) >= 11 is 0. The monoisotopic (exact) mass is 284 g/mol. The number of hydrogen-bond acceptors (Lipinski definition) is 1. The second-order valence-electron chi connectivity index (χ2n) is 5.03. The van der Waals surface area contributed by atoms with Crippen LogP contribution in [0.15, 0.2) is 67.9 Å². The average Bonchev–Trinajstić information content (AvgIpc) is 2.89. The van der Waals surface area contributed by atoms with Gasteiger partial charge in [0.25, 0.3) is 0 Å². The molecule has 21 heavy (non-hydrogen) atoms. The van der Waals surface area contributed by atoms with E-state index in [2.05, 4.69) is 34.9 Å². The fraction of sp³-hybridized carbons (Fsp3) is 0.222. The third-order valence-corrected chi connectivity index (χ3v) is 3.35. The van der Waals surface area contributed by atoms with Gasteiger partial charge < -0.3 is 4.57 Å². The van der Waals surface area contributed by atoms with Crippen molar-refractivity contribution in [1.82, 2.24) is 9.47 Å². The van der Waals surface area contributed by atoms with Gasteiger partial charge in [-0.1, -0.05) is 24.3 Å². The Labute approximate surface area is 125 Å². The van der Waals surface area contributed by atoms with Gasteiger partial charge in [0, 0.05) is 38.1 Å². The molecule has 0 aliphatic heterocycles. The maximum Gasteiger partial charge on any atom is 0.123 e. The van der Waals surface area contributed by atoms with Gasteiger partial charge in [0.1, 0.15) is 5.82 Å². The maximum absolute atomic E-state index is 13.0. The van der Waals surface area contributed by atoms with E-state index in [1.165, 1.54) is 17.8 Å². The summed E-state index contributed by atoms with van der Waals surface area (Å²) in [6.07, 6.45) is 5.85. The zero-order valence-electron chi connectivity index (χ0n) is 12.2. The fourth-order valence-electron chi connectivity index (χ4n) is 2.33. The zero-order chi connectivity index (χ0) is 15.1. The van der Waals surface area contributed by atoms with E-state index in [4.69, 9.17) is 0 Å². The summed E-state index contributed by atoms with van der Waals surface area (Å²) in [6, 6.07) is 10.8. The molecule has 0 N–H and O–H groups in total. The molecule has 0 aliphatic rings. The minimum atomic E-state index is -0.199. The lowest BCUT2D eigenvalue weighted by Crippen LogP contribution is -2.24. The van der Waals surface area contributed by atoms with E-state index >= 15 is 0 Å². The van der Waals surface area contributed by atoms with Gasteiger partial charge in [0.2, 0.25) is 0 Å². The lowest BCUT2D eigenvalue weighted by molar-refractivity contribution is 0.319. The van der Waals surface area contributed by atoms with Crippen LogP contribution in [0.2, 0.25) is 0 Å². The third-order valence-electron chi connectivity index (χ3n) is 3.35. The Hall–Kier alpha value is -2.13. The normalized spacial score (nSPS) is 10.8. The molecular formula is C18H21FN2. The van der Waals surface area contributed by atoms with E-state index in [9.17, 15) is 4.39 Å². The summed E-state index contributed by atoms with van der Waals surface area (Å²) in [4.78, 5) is 2.26. The summed E-state index contributed by atoms with van der Waals surface area (Å²) in [7, 11) is 0. The summed E-state index contributed by atoms with van der Waals surface area (Å²) in [5, 5.41) is 0. The summed E-state index contributed by atoms with van der Waals surface area (Å²) in [5.74, 6) is -0.199. The molecule has 0 amide bonds. The van der Waals surface area contributed by atoms with E-state index in [0.29, 0.717) is 0 Å². The van der Waals surface area contributed by atoms with Crippen LogP contribution in [0.25, 0.3) is 0 Å². The number of nitrogens with zero attached hydrogens (tertiary/aromatic N) is 2. The molecule has 0 saturated carbocycles. The first kappa shape index (κ1) is 15.3. The Morgan fingerprint density at radius 2 is 1.71 bits per heavy atom. The van der Waals surface area contributed by atoms with E-state index in [0.717, 1.165) is 31.7 Å². The molecule has 110 valence electrons. The molecule has 0 aliphatic carbocycles. The van der Waals surface area contributed by atoms with E-state index in [1.807, 2.05) is 30.4 Å². The van der Waals surface area contributed by atoms with Gasteiger partial charge in [0.05, 0.1) is 0 Å². The Kier molecular flexibility index (Phi) is 5.52. The molecule has 2 rings (SSSR count). The van der Waals surface area contributed by atoms with Crippen molar-refractivity contribution < 1.29 is 4.39 Å². The molecule has 0 fully saturated rings. The molecule has 1 aromatic heterocycles. The molecule has 0 spiro atoms. The van der Waals surface area contributed by atoms with Crippen LogP contribution in [0, 0.1) is 5.82 Å². The Morgan fingerprint density at radius 1 is 1.05 bits per heavy atom. The van der Waals surface area contributed by atoms with Crippen LogP contribution in [0.5, 0.6) is 0 Å². The summed E-state index contributed by atoms with van der Waals surface area (Å²) in [6.45, 7) is 10.8. The number of halogens is 1. The predicted molar refractivity (Wildman–Crippen MR) is 85.6 cm³/mol. The van der Waals surface area contributed by atoms with Gasteiger partial charge in [-0.3, -0.25) is 4.90 Å². The highest BCUT2D eigenvalue weighted by Gasteiger charge is 2.07. The first-order valence-corrected chi connectivity index (χ1v) is 7.05. The first-order chi connectivity index (χ1) is 10.2. The van der Waals surface area contributed by atoms with Crippen molar-refractivity contribution in [3.05, 3.63) is 85.0 Å². The standard InChI is InChI=1S/C18H21FN2/c1-3-11-20(12-4-2)15-18-6-5-13-21(18)14-16-7-9-17(19)10-8-16/h3-10,13H,1-2,11-12,14-15H2. The van der Waals surface area contributed by atoms with E-state index in [-0.39, 0.29) is 5.82 Å². The minimum absolute atomic E-state index is 0.199. The second kappa shape index (κ2) is 7.60. The Morgan fingerprint density at radius 3 is 2.33 bits per heavy atom. The molecule has 0 saturated heterocycles. The van der Waals surface area contributed by atoms with Crippen LogP contribution in [-0.2, 0) is 13.1 Å². The number of rotatable bonds is 8.